The number of primary amides is 1. The summed E-state index contributed by atoms with van der Waals surface area (Å²) in [5, 5.41) is 2.35. The molecule has 0 aliphatic rings. The second-order valence-electron chi connectivity index (χ2n) is 3.40. The minimum Gasteiger partial charge on any atom is -0.462 e. The topological polar surface area (TPSA) is 81.4 Å². The van der Waals surface area contributed by atoms with Crippen molar-refractivity contribution in [1.82, 2.24) is 5.32 Å². The summed E-state index contributed by atoms with van der Waals surface area (Å²) < 4.78 is 18.7. The van der Waals surface area contributed by atoms with Gasteiger partial charge in [0.25, 0.3) is 0 Å². The van der Waals surface area contributed by atoms with Crippen LogP contribution in [0.15, 0.2) is 22.7 Å². The average Bonchev–Trinajstić information content (AvgIpc) is 2.31. The predicted octanol–water partition coefficient (Wildman–Crippen LogP) is 1.80. The number of hydrogen-bond acceptors (Lipinski definition) is 3. The molecule has 18 heavy (non-hydrogen) atoms. The van der Waals surface area contributed by atoms with E-state index in [-0.39, 0.29) is 12.2 Å². The van der Waals surface area contributed by atoms with Gasteiger partial charge < -0.3 is 15.8 Å². The number of esters is 1. The molecule has 0 aliphatic heterocycles. The summed E-state index contributed by atoms with van der Waals surface area (Å²) in [6, 6.07) is 3.37. The van der Waals surface area contributed by atoms with Crippen LogP contribution in [0.4, 0.5) is 9.18 Å². The molecule has 1 aromatic carbocycles. The van der Waals surface area contributed by atoms with E-state index >= 15 is 0 Å². The number of nitrogens with two attached hydrogens (primary N) is 1. The maximum absolute atomic E-state index is 13.3. The lowest BCUT2D eigenvalue weighted by atomic mass is 10.2. The Bertz CT molecular complexity index is 454. The molecular formula is C11H12BrFN2O3. The van der Waals surface area contributed by atoms with E-state index in [0.717, 1.165) is 0 Å². The van der Waals surface area contributed by atoms with Crippen molar-refractivity contribution in [2.45, 2.75) is 6.42 Å². The van der Waals surface area contributed by atoms with Crippen molar-refractivity contribution < 1.29 is 18.7 Å². The van der Waals surface area contributed by atoms with Gasteiger partial charge in [-0.25, -0.2) is 14.0 Å². The third kappa shape index (κ3) is 4.70. The van der Waals surface area contributed by atoms with Crippen LogP contribution in [-0.4, -0.2) is 25.2 Å². The lowest BCUT2D eigenvalue weighted by molar-refractivity contribution is 0.0496. The van der Waals surface area contributed by atoms with Crippen LogP contribution in [0.2, 0.25) is 0 Å². The highest BCUT2D eigenvalue weighted by Crippen LogP contribution is 2.16. The van der Waals surface area contributed by atoms with Gasteiger partial charge in [-0.2, -0.15) is 0 Å². The summed E-state index contributed by atoms with van der Waals surface area (Å²) in [5.74, 6) is -1.38. The minimum absolute atomic E-state index is 0.0745. The molecule has 0 radical (unpaired) electrons. The molecule has 98 valence electrons. The van der Waals surface area contributed by atoms with Crippen LogP contribution in [-0.2, 0) is 4.74 Å². The number of urea groups is 1. The smallest absolute Gasteiger partial charge is 0.341 e. The molecule has 0 saturated carbocycles. The molecule has 3 N–H and O–H groups in total. The molecule has 0 unspecified atom stereocenters. The molecule has 1 rings (SSSR count). The summed E-state index contributed by atoms with van der Waals surface area (Å²) in [7, 11) is 0. The van der Waals surface area contributed by atoms with Gasteiger partial charge in [-0.3, -0.25) is 0 Å². The van der Waals surface area contributed by atoms with Gasteiger partial charge in [0.15, 0.2) is 0 Å². The standard InChI is InChI=1S/C11H12BrFN2O3/c12-7-2-3-9(13)8(6-7)10(16)18-5-1-4-15-11(14)17/h2-3,6H,1,4-5H2,(H3,14,15,17). The van der Waals surface area contributed by atoms with Crippen LogP contribution >= 0.6 is 15.9 Å². The van der Waals surface area contributed by atoms with Gasteiger partial charge in [0.2, 0.25) is 0 Å². The first-order valence-electron chi connectivity index (χ1n) is 5.16. The monoisotopic (exact) mass is 318 g/mol. The SMILES string of the molecule is NC(=O)NCCCOC(=O)c1cc(Br)ccc1F. The first-order chi connectivity index (χ1) is 8.50. The van der Waals surface area contributed by atoms with Crippen molar-refractivity contribution in [1.29, 1.82) is 0 Å². The van der Waals surface area contributed by atoms with E-state index in [0.29, 0.717) is 17.4 Å². The summed E-state index contributed by atoms with van der Waals surface area (Å²) in [5.41, 5.74) is 4.72. The molecular weight excluding hydrogens is 307 g/mol. The van der Waals surface area contributed by atoms with E-state index in [1.165, 1.54) is 18.2 Å². The maximum Gasteiger partial charge on any atom is 0.341 e. The van der Waals surface area contributed by atoms with Crippen molar-refractivity contribution in [3.8, 4) is 0 Å². The molecule has 0 atom stereocenters. The zero-order chi connectivity index (χ0) is 13.5. The molecule has 5 nitrogen and oxygen atoms in total. The van der Waals surface area contributed by atoms with Gasteiger partial charge in [-0.15, -0.1) is 0 Å². The maximum atomic E-state index is 13.3. The first-order valence-corrected chi connectivity index (χ1v) is 5.95. The number of nitrogens with one attached hydrogen (secondary N) is 1. The highest BCUT2D eigenvalue weighted by molar-refractivity contribution is 9.10. The molecule has 0 spiro atoms. The fourth-order valence-electron chi connectivity index (χ4n) is 1.18. The Balaban J connectivity index is 2.41. The molecule has 2 amide bonds. The zero-order valence-corrected chi connectivity index (χ0v) is 11.0. The Hall–Kier alpha value is -1.63. The third-order valence-electron chi connectivity index (χ3n) is 2.00. The van der Waals surface area contributed by atoms with Crippen molar-refractivity contribution in [2.24, 2.45) is 5.73 Å². The molecule has 0 bridgehead atoms. The molecule has 0 saturated heterocycles. The average molecular weight is 319 g/mol. The number of carbonyl (C=O) groups excluding carboxylic acids is 2. The van der Waals surface area contributed by atoms with E-state index in [1.807, 2.05) is 0 Å². The second-order valence-corrected chi connectivity index (χ2v) is 4.32. The van der Waals surface area contributed by atoms with Crippen molar-refractivity contribution in [2.75, 3.05) is 13.2 Å². The molecule has 0 aromatic heterocycles. The van der Waals surface area contributed by atoms with Gasteiger partial charge in [0.05, 0.1) is 12.2 Å². The van der Waals surface area contributed by atoms with Crippen LogP contribution in [0.25, 0.3) is 0 Å². The van der Waals surface area contributed by atoms with Crippen LogP contribution < -0.4 is 11.1 Å². The fraction of sp³-hybridized carbons (Fsp3) is 0.273. The first kappa shape index (κ1) is 14.4. The number of amides is 2. The Kier molecular flexibility index (Phi) is 5.57. The number of rotatable bonds is 5. The number of halogens is 2. The largest absolute Gasteiger partial charge is 0.462 e. The minimum atomic E-state index is -0.743. The number of hydrogen-bond donors (Lipinski definition) is 2. The van der Waals surface area contributed by atoms with Crippen molar-refractivity contribution in [3.05, 3.63) is 34.1 Å². The predicted molar refractivity (Wildman–Crippen MR) is 66.6 cm³/mol. The second kappa shape index (κ2) is 6.95. The van der Waals surface area contributed by atoms with Crippen LogP contribution in [0.3, 0.4) is 0 Å². The fourth-order valence-corrected chi connectivity index (χ4v) is 1.54. The van der Waals surface area contributed by atoms with Gasteiger partial charge in [0.1, 0.15) is 5.82 Å². The van der Waals surface area contributed by atoms with Gasteiger partial charge in [0, 0.05) is 11.0 Å². The van der Waals surface area contributed by atoms with Gasteiger partial charge in [-0.05, 0) is 24.6 Å². The van der Waals surface area contributed by atoms with Crippen LogP contribution in [0, 0.1) is 5.82 Å². The van der Waals surface area contributed by atoms with E-state index in [1.54, 1.807) is 0 Å². The zero-order valence-electron chi connectivity index (χ0n) is 9.41. The third-order valence-corrected chi connectivity index (χ3v) is 2.50. The lowest BCUT2D eigenvalue weighted by Gasteiger charge is -2.06. The van der Waals surface area contributed by atoms with E-state index < -0.39 is 17.8 Å². The summed E-state index contributed by atoms with van der Waals surface area (Å²) in [6.45, 7) is 0.370. The summed E-state index contributed by atoms with van der Waals surface area (Å²) in [4.78, 5) is 21.9. The van der Waals surface area contributed by atoms with Crippen molar-refractivity contribution >= 4 is 27.9 Å². The van der Waals surface area contributed by atoms with Gasteiger partial charge in [-0.1, -0.05) is 15.9 Å². The molecule has 0 aliphatic carbocycles. The number of benzene rings is 1. The Morgan fingerprint density at radius 3 is 2.83 bits per heavy atom. The summed E-state index contributed by atoms with van der Waals surface area (Å²) >= 11 is 3.14. The quantitative estimate of drug-likeness (QED) is 0.641. The lowest BCUT2D eigenvalue weighted by Crippen LogP contribution is -2.30. The van der Waals surface area contributed by atoms with Crippen LogP contribution in [0.5, 0.6) is 0 Å². The highest BCUT2D eigenvalue weighted by atomic mass is 79.9. The molecule has 0 fully saturated rings. The van der Waals surface area contributed by atoms with E-state index in [4.69, 9.17) is 10.5 Å². The molecule has 7 heteroatoms. The highest BCUT2D eigenvalue weighted by Gasteiger charge is 2.13. The van der Waals surface area contributed by atoms with E-state index in [2.05, 4.69) is 21.2 Å². The van der Waals surface area contributed by atoms with E-state index in [9.17, 15) is 14.0 Å². The van der Waals surface area contributed by atoms with Crippen LogP contribution in [0.1, 0.15) is 16.8 Å². The Labute approximate surface area is 112 Å². The Morgan fingerprint density at radius 2 is 2.17 bits per heavy atom. The number of ether oxygens (including phenoxy) is 1. The number of carbonyl (C=O) groups is 2. The summed E-state index contributed by atoms with van der Waals surface area (Å²) in [6.07, 6.45) is 0.407. The molecule has 0 heterocycles. The normalized spacial score (nSPS) is 9.89. The Morgan fingerprint density at radius 1 is 1.44 bits per heavy atom. The molecule has 1 aromatic rings. The van der Waals surface area contributed by atoms with Crippen molar-refractivity contribution in [3.63, 3.8) is 0 Å². The van der Waals surface area contributed by atoms with Gasteiger partial charge >= 0.3 is 12.0 Å².